The van der Waals surface area contributed by atoms with Crippen molar-refractivity contribution in [2.24, 2.45) is 0 Å². The van der Waals surface area contributed by atoms with Crippen LogP contribution in [0, 0.1) is 0 Å². The number of hydrogen-bond acceptors (Lipinski definition) is 3. The fourth-order valence-corrected chi connectivity index (χ4v) is 2.77. The van der Waals surface area contributed by atoms with Crippen molar-refractivity contribution in [2.45, 2.75) is 19.5 Å². The van der Waals surface area contributed by atoms with E-state index in [1.165, 1.54) is 4.88 Å². The quantitative estimate of drug-likeness (QED) is 0.892. The van der Waals surface area contributed by atoms with E-state index >= 15 is 0 Å². The first kappa shape index (κ1) is 12.6. The first-order valence-electron chi connectivity index (χ1n) is 5.41. The number of nitrogens with one attached hydrogen (secondary N) is 1. The predicted octanol–water partition coefficient (Wildman–Crippen LogP) is 4.07. The molecular formula is C13H14BrNOS. The van der Waals surface area contributed by atoms with E-state index in [1.54, 1.807) is 11.3 Å². The standard InChI is InChI=1S/C13H14BrNOS/c1-9(12-6-3-7-17-12)15-8-10-4-2-5-11(14)13(10)16/h2-7,9,15-16H,8H2,1H3. The molecule has 0 aliphatic heterocycles. The van der Waals surface area contributed by atoms with E-state index in [0.29, 0.717) is 18.3 Å². The number of halogens is 1. The summed E-state index contributed by atoms with van der Waals surface area (Å²) in [5, 5.41) is 15.3. The molecule has 0 fully saturated rings. The first-order chi connectivity index (χ1) is 8.18. The Labute approximate surface area is 113 Å². The van der Waals surface area contributed by atoms with E-state index in [4.69, 9.17) is 0 Å². The monoisotopic (exact) mass is 311 g/mol. The number of thiophene rings is 1. The van der Waals surface area contributed by atoms with Gasteiger partial charge in [-0.25, -0.2) is 0 Å². The van der Waals surface area contributed by atoms with Crippen LogP contribution in [0.4, 0.5) is 0 Å². The van der Waals surface area contributed by atoms with E-state index in [1.807, 2.05) is 18.2 Å². The Bertz CT molecular complexity index is 484. The molecule has 90 valence electrons. The summed E-state index contributed by atoms with van der Waals surface area (Å²) in [5.74, 6) is 0.318. The number of benzene rings is 1. The van der Waals surface area contributed by atoms with Crippen LogP contribution in [-0.2, 0) is 6.54 Å². The van der Waals surface area contributed by atoms with Crippen molar-refractivity contribution < 1.29 is 5.11 Å². The Morgan fingerprint density at radius 3 is 2.88 bits per heavy atom. The molecule has 0 aliphatic rings. The third-order valence-electron chi connectivity index (χ3n) is 2.64. The minimum absolute atomic E-state index is 0.299. The van der Waals surface area contributed by atoms with Crippen LogP contribution in [0.3, 0.4) is 0 Å². The van der Waals surface area contributed by atoms with Gasteiger partial charge >= 0.3 is 0 Å². The maximum Gasteiger partial charge on any atom is 0.134 e. The van der Waals surface area contributed by atoms with Crippen LogP contribution in [0.15, 0.2) is 40.2 Å². The molecule has 0 radical (unpaired) electrons. The second-order valence-corrected chi connectivity index (χ2v) is 5.70. The maximum atomic E-state index is 9.86. The number of phenols is 1. The summed E-state index contributed by atoms with van der Waals surface area (Å²) >= 11 is 5.06. The highest BCUT2D eigenvalue weighted by molar-refractivity contribution is 9.10. The van der Waals surface area contributed by atoms with Crippen LogP contribution in [0.1, 0.15) is 23.4 Å². The van der Waals surface area contributed by atoms with Crippen LogP contribution in [0.2, 0.25) is 0 Å². The van der Waals surface area contributed by atoms with E-state index in [-0.39, 0.29) is 0 Å². The zero-order valence-electron chi connectivity index (χ0n) is 9.48. The topological polar surface area (TPSA) is 32.3 Å². The van der Waals surface area contributed by atoms with Gasteiger partial charge in [-0.3, -0.25) is 0 Å². The van der Waals surface area contributed by atoms with Crippen molar-refractivity contribution in [3.8, 4) is 5.75 Å². The molecule has 2 N–H and O–H groups in total. The average Bonchev–Trinajstić information content (AvgIpc) is 2.84. The Kier molecular flexibility index (Phi) is 4.20. The van der Waals surface area contributed by atoms with Gasteiger partial charge in [0.1, 0.15) is 5.75 Å². The van der Waals surface area contributed by atoms with Crippen LogP contribution in [0.25, 0.3) is 0 Å². The molecule has 2 rings (SSSR count). The largest absolute Gasteiger partial charge is 0.506 e. The molecule has 0 spiro atoms. The molecule has 17 heavy (non-hydrogen) atoms. The summed E-state index contributed by atoms with van der Waals surface area (Å²) < 4.78 is 0.737. The van der Waals surface area contributed by atoms with Gasteiger partial charge in [0.05, 0.1) is 4.47 Å². The van der Waals surface area contributed by atoms with Gasteiger partial charge in [-0.15, -0.1) is 11.3 Å². The minimum atomic E-state index is 0.299. The highest BCUT2D eigenvalue weighted by Crippen LogP contribution is 2.28. The zero-order chi connectivity index (χ0) is 12.3. The van der Waals surface area contributed by atoms with Crippen molar-refractivity contribution in [1.82, 2.24) is 5.32 Å². The number of rotatable bonds is 4. The molecule has 2 nitrogen and oxygen atoms in total. The van der Waals surface area contributed by atoms with E-state index in [9.17, 15) is 5.11 Å². The van der Waals surface area contributed by atoms with Gasteiger partial charge in [0.15, 0.2) is 0 Å². The molecule has 1 aromatic heterocycles. The molecule has 1 heterocycles. The lowest BCUT2D eigenvalue weighted by Gasteiger charge is -2.13. The minimum Gasteiger partial charge on any atom is -0.506 e. The fourth-order valence-electron chi connectivity index (χ4n) is 1.60. The van der Waals surface area contributed by atoms with Crippen molar-refractivity contribution in [3.05, 3.63) is 50.6 Å². The lowest BCUT2D eigenvalue weighted by atomic mass is 10.2. The summed E-state index contributed by atoms with van der Waals surface area (Å²) in [6, 6.07) is 10.2. The van der Waals surface area contributed by atoms with Gasteiger partial charge in [-0.2, -0.15) is 0 Å². The number of hydrogen-bond donors (Lipinski definition) is 2. The molecule has 1 atom stereocenters. The van der Waals surface area contributed by atoms with Gasteiger partial charge in [-0.1, -0.05) is 18.2 Å². The number of aromatic hydroxyl groups is 1. The Balaban J connectivity index is 2.00. The van der Waals surface area contributed by atoms with Crippen molar-refractivity contribution >= 4 is 27.3 Å². The van der Waals surface area contributed by atoms with Gasteiger partial charge < -0.3 is 10.4 Å². The van der Waals surface area contributed by atoms with Crippen LogP contribution in [-0.4, -0.2) is 5.11 Å². The van der Waals surface area contributed by atoms with Crippen molar-refractivity contribution in [3.63, 3.8) is 0 Å². The van der Waals surface area contributed by atoms with Crippen molar-refractivity contribution in [1.29, 1.82) is 0 Å². The van der Waals surface area contributed by atoms with Gasteiger partial charge in [0.2, 0.25) is 0 Å². The molecule has 0 bridgehead atoms. The van der Waals surface area contributed by atoms with Gasteiger partial charge in [-0.05, 0) is 40.4 Å². The molecular weight excluding hydrogens is 298 g/mol. The maximum absolute atomic E-state index is 9.86. The normalized spacial score (nSPS) is 12.6. The SMILES string of the molecule is CC(NCc1cccc(Br)c1O)c1cccs1. The molecule has 2 aromatic rings. The third-order valence-corrected chi connectivity index (χ3v) is 4.33. The molecule has 1 unspecified atom stereocenters. The lowest BCUT2D eigenvalue weighted by Crippen LogP contribution is -2.17. The zero-order valence-corrected chi connectivity index (χ0v) is 11.9. The molecule has 0 saturated carbocycles. The molecule has 4 heteroatoms. The van der Waals surface area contributed by atoms with Gasteiger partial charge in [0, 0.05) is 23.0 Å². The smallest absolute Gasteiger partial charge is 0.134 e. The molecule has 0 amide bonds. The van der Waals surface area contributed by atoms with Crippen molar-refractivity contribution in [2.75, 3.05) is 0 Å². The van der Waals surface area contributed by atoms with E-state index in [2.05, 4.69) is 45.7 Å². The predicted molar refractivity (Wildman–Crippen MR) is 75.4 cm³/mol. The lowest BCUT2D eigenvalue weighted by molar-refractivity contribution is 0.457. The highest BCUT2D eigenvalue weighted by atomic mass is 79.9. The summed E-state index contributed by atoms with van der Waals surface area (Å²) in [4.78, 5) is 1.31. The summed E-state index contributed by atoms with van der Waals surface area (Å²) in [6.07, 6.45) is 0. The summed E-state index contributed by atoms with van der Waals surface area (Å²) in [6.45, 7) is 2.78. The molecule has 0 aliphatic carbocycles. The third kappa shape index (κ3) is 3.09. The highest BCUT2D eigenvalue weighted by Gasteiger charge is 2.08. The van der Waals surface area contributed by atoms with Crippen LogP contribution < -0.4 is 5.32 Å². The second-order valence-electron chi connectivity index (χ2n) is 3.87. The Morgan fingerprint density at radius 1 is 1.35 bits per heavy atom. The first-order valence-corrected chi connectivity index (χ1v) is 7.09. The van der Waals surface area contributed by atoms with E-state index < -0.39 is 0 Å². The van der Waals surface area contributed by atoms with Gasteiger partial charge in [0.25, 0.3) is 0 Å². The summed E-state index contributed by atoms with van der Waals surface area (Å²) in [5.41, 5.74) is 0.905. The number of para-hydroxylation sites is 1. The molecule has 0 saturated heterocycles. The summed E-state index contributed by atoms with van der Waals surface area (Å²) in [7, 11) is 0. The van der Waals surface area contributed by atoms with Crippen LogP contribution in [0.5, 0.6) is 5.75 Å². The Hall–Kier alpha value is -0.840. The second kappa shape index (κ2) is 5.67. The number of phenolic OH excluding ortho intramolecular Hbond substituents is 1. The molecule has 1 aromatic carbocycles. The fraction of sp³-hybridized carbons (Fsp3) is 0.231. The van der Waals surface area contributed by atoms with E-state index in [0.717, 1.165) is 10.0 Å². The van der Waals surface area contributed by atoms with Crippen LogP contribution >= 0.6 is 27.3 Å². The Morgan fingerprint density at radius 2 is 2.18 bits per heavy atom. The average molecular weight is 312 g/mol.